The summed E-state index contributed by atoms with van der Waals surface area (Å²) in [5.41, 5.74) is 1.68. The third-order valence-corrected chi connectivity index (χ3v) is 4.69. The first-order chi connectivity index (χ1) is 12.4. The van der Waals surface area contributed by atoms with E-state index in [1.807, 2.05) is 43.9 Å². The van der Waals surface area contributed by atoms with E-state index in [-0.39, 0.29) is 12.0 Å². The molecule has 0 radical (unpaired) electrons. The van der Waals surface area contributed by atoms with Gasteiger partial charge in [0.25, 0.3) is 5.91 Å². The number of nitrogens with zero attached hydrogens (tertiary/aromatic N) is 2. The Morgan fingerprint density at radius 2 is 1.92 bits per heavy atom. The molecular weight excluding hydrogens is 332 g/mol. The largest absolute Gasteiger partial charge is 0.496 e. The van der Waals surface area contributed by atoms with Gasteiger partial charge in [-0.3, -0.25) is 9.69 Å². The number of carbonyl (C=O) groups is 1. The Labute approximate surface area is 156 Å². The van der Waals surface area contributed by atoms with Crippen LogP contribution in [-0.4, -0.2) is 79.5 Å². The molecule has 0 unspecified atom stereocenters. The predicted octanol–water partition coefficient (Wildman–Crippen LogP) is 1.94. The summed E-state index contributed by atoms with van der Waals surface area (Å²) in [6.45, 7) is 10.0. The van der Waals surface area contributed by atoms with Gasteiger partial charge in [0.15, 0.2) is 0 Å². The van der Waals surface area contributed by atoms with Crippen LogP contribution in [0.4, 0.5) is 0 Å². The molecule has 0 bridgehead atoms. The molecule has 1 saturated heterocycles. The molecule has 1 aliphatic rings. The van der Waals surface area contributed by atoms with Crippen LogP contribution in [0.1, 0.15) is 36.2 Å². The molecule has 1 fully saturated rings. The van der Waals surface area contributed by atoms with Crippen LogP contribution in [-0.2, 0) is 4.74 Å². The van der Waals surface area contributed by atoms with Gasteiger partial charge in [-0.25, -0.2) is 0 Å². The Balaban J connectivity index is 1.79. The Hall–Kier alpha value is -1.63. The number of carbonyl (C=O) groups excluding carboxylic acids is 1. The Morgan fingerprint density at radius 1 is 1.23 bits per heavy atom. The zero-order valence-corrected chi connectivity index (χ0v) is 16.4. The zero-order chi connectivity index (χ0) is 19.1. The predicted molar refractivity (Wildman–Crippen MR) is 102 cm³/mol. The van der Waals surface area contributed by atoms with Gasteiger partial charge in [0.05, 0.1) is 19.3 Å². The third kappa shape index (κ3) is 5.97. The summed E-state index contributed by atoms with van der Waals surface area (Å²) in [5, 5.41) is 10.1. The molecule has 1 heterocycles. The molecule has 146 valence electrons. The van der Waals surface area contributed by atoms with Crippen molar-refractivity contribution in [3.63, 3.8) is 0 Å². The average molecular weight is 364 g/mol. The van der Waals surface area contributed by atoms with Crippen molar-refractivity contribution in [2.45, 2.75) is 39.4 Å². The molecule has 0 saturated carbocycles. The van der Waals surface area contributed by atoms with Crippen LogP contribution in [0.15, 0.2) is 18.2 Å². The van der Waals surface area contributed by atoms with E-state index in [0.717, 1.165) is 24.4 Å². The van der Waals surface area contributed by atoms with E-state index in [0.29, 0.717) is 38.2 Å². The van der Waals surface area contributed by atoms with E-state index in [4.69, 9.17) is 9.47 Å². The lowest BCUT2D eigenvalue weighted by atomic mass is 10.1. The number of aryl methyl sites for hydroxylation is 1. The monoisotopic (exact) mass is 364 g/mol. The highest BCUT2D eigenvalue weighted by Gasteiger charge is 2.23. The van der Waals surface area contributed by atoms with E-state index in [2.05, 4.69) is 4.90 Å². The molecule has 0 aromatic heterocycles. The van der Waals surface area contributed by atoms with Crippen molar-refractivity contribution in [1.29, 1.82) is 0 Å². The van der Waals surface area contributed by atoms with E-state index in [1.165, 1.54) is 0 Å². The topological polar surface area (TPSA) is 62.2 Å². The maximum atomic E-state index is 12.7. The second kappa shape index (κ2) is 9.90. The lowest BCUT2D eigenvalue weighted by Gasteiger charge is -2.35. The Bertz CT molecular complexity index is 583. The molecule has 26 heavy (non-hydrogen) atoms. The number of methoxy groups -OCH3 is 1. The number of benzene rings is 1. The Kier molecular flexibility index (Phi) is 7.87. The van der Waals surface area contributed by atoms with Gasteiger partial charge in [-0.2, -0.15) is 0 Å². The van der Waals surface area contributed by atoms with Crippen molar-refractivity contribution < 1.29 is 19.4 Å². The molecule has 6 nitrogen and oxygen atoms in total. The normalized spacial score (nSPS) is 16.8. The number of aliphatic hydroxyl groups is 1. The summed E-state index contributed by atoms with van der Waals surface area (Å²) in [7, 11) is 1.62. The minimum Gasteiger partial charge on any atom is -0.496 e. The quantitative estimate of drug-likeness (QED) is 0.764. The lowest BCUT2D eigenvalue weighted by molar-refractivity contribution is 0.0256. The smallest absolute Gasteiger partial charge is 0.254 e. The van der Waals surface area contributed by atoms with E-state index < -0.39 is 6.10 Å². The number of β-amino-alcohol motifs (C(OH)–C–C–N with tert-alkyl or cyclic N) is 1. The van der Waals surface area contributed by atoms with Crippen LogP contribution < -0.4 is 4.74 Å². The van der Waals surface area contributed by atoms with Gasteiger partial charge in [-0.1, -0.05) is 6.07 Å². The third-order valence-electron chi connectivity index (χ3n) is 4.69. The zero-order valence-electron chi connectivity index (χ0n) is 16.4. The molecule has 0 spiro atoms. The first-order valence-corrected chi connectivity index (χ1v) is 9.36. The van der Waals surface area contributed by atoms with Gasteiger partial charge >= 0.3 is 0 Å². The van der Waals surface area contributed by atoms with Crippen molar-refractivity contribution in [3.8, 4) is 5.75 Å². The van der Waals surface area contributed by atoms with E-state index in [9.17, 15) is 9.90 Å². The number of piperazine rings is 1. The summed E-state index contributed by atoms with van der Waals surface area (Å²) in [6, 6.07) is 5.57. The second-order valence-corrected chi connectivity index (χ2v) is 7.14. The number of rotatable bonds is 8. The number of aliphatic hydroxyl groups excluding tert-OH is 1. The SMILES string of the molecule is COc1cc(C(=O)N2CCN(C[C@H](O)CCOC(C)C)CC2)ccc1C. The van der Waals surface area contributed by atoms with Crippen LogP contribution in [0.5, 0.6) is 5.75 Å². The lowest BCUT2D eigenvalue weighted by Crippen LogP contribution is -2.50. The summed E-state index contributed by atoms with van der Waals surface area (Å²) >= 11 is 0. The molecular formula is C20H32N2O4. The standard InChI is InChI=1S/C20H32N2O4/c1-15(2)26-12-7-18(23)14-21-8-10-22(11-9-21)20(24)17-6-5-16(3)19(13-17)25-4/h5-6,13,15,18,23H,7-12,14H2,1-4H3/t18-/m1/s1. The average Bonchev–Trinajstić information content (AvgIpc) is 2.62. The van der Waals surface area contributed by atoms with Gasteiger partial charge < -0.3 is 19.5 Å². The van der Waals surface area contributed by atoms with Crippen molar-refractivity contribution in [1.82, 2.24) is 9.80 Å². The Morgan fingerprint density at radius 3 is 2.54 bits per heavy atom. The summed E-state index contributed by atoms with van der Waals surface area (Å²) in [6.07, 6.45) is 0.440. The highest BCUT2D eigenvalue weighted by atomic mass is 16.5. The summed E-state index contributed by atoms with van der Waals surface area (Å²) in [5.74, 6) is 0.773. The maximum Gasteiger partial charge on any atom is 0.254 e. The summed E-state index contributed by atoms with van der Waals surface area (Å²) < 4.78 is 10.8. The van der Waals surface area contributed by atoms with E-state index >= 15 is 0 Å². The summed E-state index contributed by atoms with van der Waals surface area (Å²) in [4.78, 5) is 16.8. The second-order valence-electron chi connectivity index (χ2n) is 7.14. The first-order valence-electron chi connectivity index (χ1n) is 9.36. The van der Waals surface area contributed by atoms with E-state index in [1.54, 1.807) is 7.11 Å². The van der Waals surface area contributed by atoms with Crippen molar-refractivity contribution in [2.24, 2.45) is 0 Å². The number of hydrogen-bond acceptors (Lipinski definition) is 5. The highest BCUT2D eigenvalue weighted by molar-refractivity contribution is 5.94. The molecule has 1 amide bonds. The maximum absolute atomic E-state index is 12.7. The minimum absolute atomic E-state index is 0.0360. The highest BCUT2D eigenvalue weighted by Crippen LogP contribution is 2.20. The fraction of sp³-hybridized carbons (Fsp3) is 0.650. The van der Waals surface area contributed by atoms with Crippen LogP contribution in [0.25, 0.3) is 0 Å². The fourth-order valence-electron chi connectivity index (χ4n) is 3.10. The fourth-order valence-corrected chi connectivity index (χ4v) is 3.10. The molecule has 0 aliphatic carbocycles. The van der Waals surface area contributed by atoms with Crippen LogP contribution in [0.3, 0.4) is 0 Å². The molecule has 2 rings (SSSR count). The molecule has 1 atom stereocenters. The minimum atomic E-state index is -0.391. The number of hydrogen-bond donors (Lipinski definition) is 1. The molecule has 1 aromatic carbocycles. The number of ether oxygens (including phenoxy) is 2. The first kappa shape index (κ1) is 20.7. The van der Waals surface area contributed by atoms with Gasteiger partial charge in [0.1, 0.15) is 5.75 Å². The molecule has 1 aliphatic heterocycles. The van der Waals surface area contributed by atoms with Gasteiger partial charge in [0.2, 0.25) is 0 Å². The number of amides is 1. The van der Waals surface area contributed by atoms with Crippen LogP contribution in [0.2, 0.25) is 0 Å². The van der Waals surface area contributed by atoms with Crippen molar-refractivity contribution in [2.75, 3.05) is 46.4 Å². The van der Waals surface area contributed by atoms with Crippen LogP contribution in [0, 0.1) is 6.92 Å². The van der Waals surface area contributed by atoms with Crippen molar-refractivity contribution in [3.05, 3.63) is 29.3 Å². The van der Waals surface area contributed by atoms with Gasteiger partial charge in [0, 0.05) is 44.9 Å². The molecule has 1 N–H and O–H groups in total. The van der Waals surface area contributed by atoms with Crippen molar-refractivity contribution >= 4 is 5.91 Å². The van der Waals surface area contributed by atoms with Gasteiger partial charge in [-0.05, 0) is 44.9 Å². The molecule has 1 aromatic rings. The van der Waals surface area contributed by atoms with Crippen LogP contribution >= 0.6 is 0 Å². The molecule has 6 heteroatoms. The van der Waals surface area contributed by atoms with Gasteiger partial charge in [-0.15, -0.1) is 0 Å².